The zero-order valence-electron chi connectivity index (χ0n) is 17.9. The molecule has 0 saturated carbocycles. The number of benzene rings is 1. The van der Waals surface area contributed by atoms with E-state index in [2.05, 4.69) is 27.2 Å². The molecule has 1 N–H and O–H groups in total. The molecular formula is C21H26N6O4. The minimum atomic E-state index is -0.387. The summed E-state index contributed by atoms with van der Waals surface area (Å²) in [7, 11) is 3.07. The van der Waals surface area contributed by atoms with E-state index in [1.54, 1.807) is 30.6 Å². The molecule has 4 rings (SSSR count). The lowest BCUT2D eigenvalue weighted by atomic mass is 10.0. The average molecular weight is 426 g/mol. The second-order valence-corrected chi connectivity index (χ2v) is 7.73. The monoisotopic (exact) mass is 426 g/mol. The van der Waals surface area contributed by atoms with E-state index < -0.39 is 0 Å². The van der Waals surface area contributed by atoms with Gasteiger partial charge in [0.25, 0.3) is 0 Å². The molecule has 0 bridgehead atoms. The Labute approximate surface area is 179 Å². The molecule has 3 aromatic rings. The second-order valence-electron chi connectivity index (χ2n) is 7.73. The predicted molar refractivity (Wildman–Crippen MR) is 116 cm³/mol. The second kappa shape index (κ2) is 8.66. The predicted octanol–water partition coefficient (Wildman–Crippen LogP) is 1.78. The summed E-state index contributed by atoms with van der Waals surface area (Å²) >= 11 is 0. The summed E-state index contributed by atoms with van der Waals surface area (Å²) in [5.41, 5.74) is 0.571. The Hall–Kier alpha value is -3.56. The zero-order chi connectivity index (χ0) is 22.0. The third kappa shape index (κ3) is 4.32. The van der Waals surface area contributed by atoms with Gasteiger partial charge in [-0.15, -0.1) is 5.10 Å². The van der Waals surface area contributed by atoms with Crippen LogP contribution in [-0.4, -0.2) is 52.4 Å². The van der Waals surface area contributed by atoms with Gasteiger partial charge in [-0.1, -0.05) is 6.92 Å². The van der Waals surface area contributed by atoms with Crippen molar-refractivity contribution in [2.24, 2.45) is 5.92 Å². The van der Waals surface area contributed by atoms with Crippen LogP contribution in [0.1, 0.15) is 19.8 Å². The molecule has 164 valence electrons. The van der Waals surface area contributed by atoms with E-state index in [1.807, 2.05) is 0 Å². The molecule has 0 spiro atoms. The standard InChI is InChI=1S/C21H26N6O4/c1-14-5-4-7-25(12-14)19-20-24-27(21(29)26(20)8-6-22-19)13-18(28)23-15-9-16(30-2)11-17(10-15)31-3/h6,8-11,14H,4-5,7,12-13H2,1-3H3,(H,23,28)/t14-/m0/s1. The molecule has 1 saturated heterocycles. The molecule has 1 aliphatic rings. The maximum Gasteiger partial charge on any atom is 0.350 e. The van der Waals surface area contributed by atoms with E-state index in [-0.39, 0.29) is 18.1 Å². The van der Waals surface area contributed by atoms with Crippen molar-refractivity contribution in [3.8, 4) is 11.5 Å². The van der Waals surface area contributed by atoms with Crippen LogP contribution in [0.25, 0.3) is 5.65 Å². The van der Waals surface area contributed by atoms with Gasteiger partial charge >= 0.3 is 5.69 Å². The van der Waals surface area contributed by atoms with Crippen LogP contribution in [0.4, 0.5) is 11.5 Å². The molecule has 1 amide bonds. The van der Waals surface area contributed by atoms with Gasteiger partial charge in [0.15, 0.2) is 5.82 Å². The number of hydrogen-bond acceptors (Lipinski definition) is 7. The van der Waals surface area contributed by atoms with Crippen molar-refractivity contribution in [2.75, 3.05) is 37.5 Å². The maximum absolute atomic E-state index is 12.8. The number of nitrogens with one attached hydrogen (secondary N) is 1. The number of nitrogens with zero attached hydrogens (tertiary/aromatic N) is 5. The highest BCUT2D eigenvalue weighted by Gasteiger charge is 2.22. The van der Waals surface area contributed by atoms with Crippen LogP contribution < -0.4 is 25.4 Å². The third-order valence-electron chi connectivity index (χ3n) is 5.37. The lowest BCUT2D eigenvalue weighted by molar-refractivity contribution is -0.117. The minimum Gasteiger partial charge on any atom is -0.497 e. The number of carbonyl (C=O) groups is 1. The fraction of sp³-hybridized carbons (Fsp3) is 0.429. The summed E-state index contributed by atoms with van der Waals surface area (Å²) in [6.45, 7) is 3.72. The van der Waals surface area contributed by atoms with Crippen molar-refractivity contribution in [3.63, 3.8) is 0 Å². The molecule has 1 aromatic carbocycles. The molecule has 1 atom stereocenters. The van der Waals surface area contributed by atoms with Gasteiger partial charge in [-0.2, -0.15) is 0 Å². The van der Waals surface area contributed by atoms with Gasteiger partial charge in [0.1, 0.15) is 18.0 Å². The van der Waals surface area contributed by atoms with Gasteiger partial charge < -0.3 is 19.7 Å². The molecule has 0 aliphatic carbocycles. The average Bonchev–Trinajstić information content (AvgIpc) is 3.08. The lowest BCUT2D eigenvalue weighted by Crippen LogP contribution is -2.35. The van der Waals surface area contributed by atoms with Gasteiger partial charge in [-0.25, -0.2) is 18.9 Å². The van der Waals surface area contributed by atoms with E-state index in [0.29, 0.717) is 34.6 Å². The van der Waals surface area contributed by atoms with Gasteiger partial charge in [-0.3, -0.25) is 4.79 Å². The number of methoxy groups -OCH3 is 2. The van der Waals surface area contributed by atoms with Crippen LogP contribution in [0.2, 0.25) is 0 Å². The van der Waals surface area contributed by atoms with Gasteiger partial charge in [0.2, 0.25) is 11.6 Å². The number of hydrogen-bond donors (Lipinski definition) is 1. The highest BCUT2D eigenvalue weighted by molar-refractivity contribution is 5.91. The highest BCUT2D eigenvalue weighted by Crippen LogP contribution is 2.26. The number of piperidine rings is 1. The van der Waals surface area contributed by atoms with Crippen LogP contribution in [0, 0.1) is 5.92 Å². The third-order valence-corrected chi connectivity index (χ3v) is 5.37. The molecule has 10 heteroatoms. The fourth-order valence-electron chi connectivity index (χ4n) is 3.86. The van der Waals surface area contributed by atoms with Crippen LogP contribution in [0.3, 0.4) is 0 Å². The Bertz CT molecular complexity index is 1130. The largest absolute Gasteiger partial charge is 0.497 e. The van der Waals surface area contributed by atoms with Crippen LogP contribution >= 0.6 is 0 Å². The molecule has 0 radical (unpaired) electrons. The Morgan fingerprint density at radius 1 is 1.23 bits per heavy atom. The van der Waals surface area contributed by atoms with Gasteiger partial charge in [0.05, 0.1) is 14.2 Å². The van der Waals surface area contributed by atoms with Crippen molar-refractivity contribution in [1.82, 2.24) is 19.2 Å². The van der Waals surface area contributed by atoms with Crippen molar-refractivity contribution in [1.29, 1.82) is 0 Å². The number of amides is 1. The Morgan fingerprint density at radius 3 is 2.65 bits per heavy atom. The molecule has 31 heavy (non-hydrogen) atoms. The minimum absolute atomic E-state index is 0.226. The SMILES string of the molecule is COc1cc(NC(=O)Cn2nc3c(N4CCC[C@H](C)C4)nccn3c2=O)cc(OC)c1. The summed E-state index contributed by atoms with van der Waals surface area (Å²) in [4.78, 5) is 32.0. The van der Waals surface area contributed by atoms with Crippen molar-refractivity contribution >= 4 is 23.1 Å². The van der Waals surface area contributed by atoms with E-state index in [0.717, 1.165) is 24.2 Å². The van der Waals surface area contributed by atoms with E-state index >= 15 is 0 Å². The van der Waals surface area contributed by atoms with E-state index in [9.17, 15) is 9.59 Å². The number of rotatable bonds is 6. The first-order valence-corrected chi connectivity index (χ1v) is 10.2. The molecule has 10 nitrogen and oxygen atoms in total. The first-order chi connectivity index (χ1) is 15.0. The number of carbonyl (C=O) groups excluding carboxylic acids is 1. The van der Waals surface area contributed by atoms with E-state index in [4.69, 9.17) is 9.47 Å². The first-order valence-electron chi connectivity index (χ1n) is 10.2. The number of aromatic nitrogens is 4. The number of ether oxygens (including phenoxy) is 2. The summed E-state index contributed by atoms with van der Waals surface area (Å²) in [5.74, 6) is 1.93. The maximum atomic E-state index is 12.8. The quantitative estimate of drug-likeness (QED) is 0.641. The topological polar surface area (TPSA) is 103 Å². The molecule has 3 heterocycles. The summed E-state index contributed by atoms with van der Waals surface area (Å²) in [6, 6.07) is 5.05. The Morgan fingerprint density at radius 2 is 1.97 bits per heavy atom. The first kappa shape index (κ1) is 20.7. The van der Waals surface area contributed by atoms with Gasteiger partial charge in [-0.05, 0) is 18.8 Å². The normalized spacial score (nSPS) is 16.4. The van der Waals surface area contributed by atoms with Crippen LogP contribution in [0.5, 0.6) is 11.5 Å². The zero-order valence-corrected chi connectivity index (χ0v) is 17.9. The van der Waals surface area contributed by atoms with Crippen LogP contribution in [-0.2, 0) is 11.3 Å². The summed E-state index contributed by atoms with van der Waals surface area (Å²) < 4.78 is 13.0. The molecule has 1 aliphatic heterocycles. The number of fused-ring (bicyclic) bond motifs is 1. The highest BCUT2D eigenvalue weighted by atomic mass is 16.5. The van der Waals surface area contributed by atoms with E-state index in [1.165, 1.54) is 25.0 Å². The molecule has 0 unspecified atom stereocenters. The lowest BCUT2D eigenvalue weighted by Gasteiger charge is -2.31. The summed E-state index contributed by atoms with van der Waals surface area (Å²) in [5, 5.41) is 7.18. The summed E-state index contributed by atoms with van der Waals surface area (Å²) in [6.07, 6.45) is 5.41. The van der Waals surface area contributed by atoms with Crippen molar-refractivity contribution < 1.29 is 14.3 Å². The van der Waals surface area contributed by atoms with Crippen LogP contribution in [0.15, 0.2) is 35.4 Å². The molecule has 2 aromatic heterocycles. The smallest absolute Gasteiger partial charge is 0.350 e. The van der Waals surface area contributed by atoms with Gasteiger partial charge in [0, 0.05) is 49.4 Å². The number of anilines is 2. The Kier molecular flexibility index (Phi) is 5.79. The fourth-order valence-corrected chi connectivity index (χ4v) is 3.86. The molecule has 1 fully saturated rings. The molecular weight excluding hydrogens is 400 g/mol. The van der Waals surface area contributed by atoms with Crippen molar-refractivity contribution in [2.45, 2.75) is 26.3 Å². The van der Waals surface area contributed by atoms with Crippen molar-refractivity contribution in [3.05, 3.63) is 41.1 Å². The Balaban J connectivity index is 1.58.